The van der Waals surface area contributed by atoms with Gasteiger partial charge in [0, 0.05) is 12.2 Å². The maximum atomic E-state index is 13.0. The van der Waals surface area contributed by atoms with Crippen molar-refractivity contribution in [1.29, 1.82) is 0 Å². The molecule has 1 rings (SSSR count). The molecule has 0 aromatic carbocycles. The van der Waals surface area contributed by atoms with Crippen LogP contribution in [0.25, 0.3) is 0 Å². The molecule has 19 heavy (non-hydrogen) atoms. The zero-order chi connectivity index (χ0) is 14.1. The van der Waals surface area contributed by atoms with E-state index in [9.17, 15) is 4.39 Å². The Bertz CT molecular complexity index is 352. The number of hydrogen-bond donors (Lipinski definition) is 1. The fraction of sp³-hybridized carbons (Fsp3) is 0.688. The zero-order valence-electron chi connectivity index (χ0n) is 12.5. The second-order valence-electron chi connectivity index (χ2n) is 5.71. The van der Waals surface area contributed by atoms with E-state index in [4.69, 9.17) is 0 Å². The summed E-state index contributed by atoms with van der Waals surface area (Å²) in [5, 5.41) is 3.42. The minimum Gasteiger partial charge on any atom is -0.310 e. The van der Waals surface area contributed by atoms with E-state index < -0.39 is 0 Å². The van der Waals surface area contributed by atoms with Crippen LogP contribution >= 0.6 is 0 Å². The number of hydrogen-bond acceptors (Lipinski definition) is 2. The molecule has 108 valence electrons. The van der Waals surface area contributed by atoms with Crippen LogP contribution in [0.15, 0.2) is 18.5 Å². The largest absolute Gasteiger partial charge is 0.310 e. The Morgan fingerprint density at radius 3 is 2.53 bits per heavy atom. The van der Waals surface area contributed by atoms with Crippen molar-refractivity contribution >= 4 is 0 Å². The van der Waals surface area contributed by atoms with Gasteiger partial charge >= 0.3 is 0 Å². The SMILES string of the molecule is CC(C)CCCCCCNC(C)c1cncc(F)c1. The molecular weight excluding hydrogens is 239 g/mol. The summed E-state index contributed by atoms with van der Waals surface area (Å²) < 4.78 is 13.0. The first-order chi connectivity index (χ1) is 9.09. The van der Waals surface area contributed by atoms with Gasteiger partial charge in [-0.3, -0.25) is 4.98 Å². The van der Waals surface area contributed by atoms with Crippen LogP contribution in [-0.2, 0) is 0 Å². The van der Waals surface area contributed by atoms with Gasteiger partial charge in [0.1, 0.15) is 5.82 Å². The third-order valence-corrected chi connectivity index (χ3v) is 3.38. The molecule has 0 fully saturated rings. The number of rotatable bonds is 9. The molecule has 2 nitrogen and oxygen atoms in total. The van der Waals surface area contributed by atoms with Crippen LogP contribution in [0.4, 0.5) is 4.39 Å². The Kier molecular flexibility index (Phi) is 7.65. The van der Waals surface area contributed by atoms with Crippen LogP contribution < -0.4 is 5.32 Å². The average molecular weight is 266 g/mol. The minimum atomic E-state index is -0.264. The van der Waals surface area contributed by atoms with Crippen LogP contribution in [0.5, 0.6) is 0 Å². The highest BCUT2D eigenvalue weighted by Gasteiger charge is 2.05. The smallest absolute Gasteiger partial charge is 0.141 e. The summed E-state index contributed by atoms with van der Waals surface area (Å²) in [5.74, 6) is 0.554. The molecular formula is C16H27FN2. The Labute approximate surface area is 116 Å². The summed E-state index contributed by atoms with van der Waals surface area (Å²) in [6.07, 6.45) is 9.41. The second-order valence-corrected chi connectivity index (χ2v) is 5.71. The highest BCUT2D eigenvalue weighted by atomic mass is 19.1. The summed E-state index contributed by atoms with van der Waals surface area (Å²) in [4.78, 5) is 3.88. The monoisotopic (exact) mass is 266 g/mol. The lowest BCUT2D eigenvalue weighted by molar-refractivity contribution is 0.497. The highest BCUT2D eigenvalue weighted by Crippen LogP contribution is 2.13. The minimum absolute atomic E-state index is 0.166. The Balaban J connectivity index is 2.09. The molecule has 3 heteroatoms. The van der Waals surface area contributed by atoms with Gasteiger partial charge in [-0.15, -0.1) is 0 Å². The molecule has 0 spiro atoms. The molecule has 1 atom stereocenters. The van der Waals surface area contributed by atoms with Gasteiger partial charge in [-0.2, -0.15) is 0 Å². The summed E-state index contributed by atoms with van der Waals surface area (Å²) >= 11 is 0. The number of nitrogens with one attached hydrogen (secondary N) is 1. The van der Waals surface area contributed by atoms with Crippen molar-refractivity contribution in [2.45, 2.75) is 58.9 Å². The van der Waals surface area contributed by atoms with Crippen LogP contribution in [0.2, 0.25) is 0 Å². The Morgan fingerprint density at radius 2 is 1.84 bits per heavy atom. The van der Waals surface area contributed by atoms with Crippen molar-refractivity contribution in [1.82, 2.24) is 10.3 Å². The van der Waals surface area contributed by atoms with E-state index in [1.54, 1.807) is 12.3 Å². The average Bonchev–Trinajstić information content (AvgIpc) is 2.37. The van der Waals surface area contributed by atoms with Crippen molar-refractivity contribution in [2.24, 2.45) is 5.92 Å². The van der Waals surface area contributed by atoms with E-state index in [0.29, 0.717) is 0 Å². The van der Waals surface area contributed by atoms with E-state index in [1.807, 2.05) is 0 Å². The topological polar surface area (TPSA) is 24.9 Å². The van der Waals surface area contributed by atoms with E-state index in [2.05, 4.69) is 31.1 Å². The van der Waals surface area contributed by atoms with Crippen LogP contribution in [0.3, 0.4) is 0 Å². The van der Waals surface area contributed by atoms with E-state index >= 15 is 0 Å². The first-order valence-electron chi connectivity index (χ1n) is 7.43. The lowest BCUT2D eigenvalue weighted by Crippen LogP contribution is -2.20. The molecule has 0 saturated heterocycles. The number of halogens is 1. The van der Waals surface area contributed by atoms with Gasteiger partial charge < -0.3 is 5.32 Å². The predicted molar refractivity (Wildman–Crippen MR) is 78.5 cm³/mol. The normalized spacial score (nSPS) is 12.9. The van der Waals surface area contributed by atoms with E-state index in [1.165, 1.54) is 38.3 Å². The number of nitrogens with zero attached hydrogens (tertiary/aromatic N) is 1. The van der Waals surface area contributed by atoms with Gasteiger partial charge in [0.15, 0.2) is 0 Å². The first-order valence-corrected chi connectivity index (χ1v) is 7.43. The molecule has 1 N–H and O–H groups in total. The molecule has 0 bridgehead atoms. The van der Waals surface area contributed by atoms with Gasteiger partial charge in [-0.1, -0.05) is 39.5 Å². The van der Waals surface area contributed by atoms with Gasteiger partial charge in [0.05, 0.1) is 6.20 Å². The molecule has 0 amide bonds. The lowest BCUT2D eigenvalue weighted by atomic mass is 10.0. The standard InChI is InChI=1S/C16H27FN2/c1-13(2)8-6-4-5-7-9-19-14(3)15-10-16(17)12-18-11-15/h10-14,19H,4-9H2,1-3H3. The fourth-order valence-electron chi connectivity index (χ4n) is 2.13. The first kappa shape index (κ1) is 16.1. The van der Waals surface area contributed by atoms with Crippen molar-refractivity contribution < 1.29 is 4.39 Å². The molecule has 0 aliphatic rings. The lowest BCUT2D eigenvalue weighted by Gasteiger charge is -2.13. The molecule has 0 aliphatic heterocycles. The maximum absolute atomic E-state index is 13.0. The predicted octanol–water partition coefficient (Wildman–Crippen LogP) is 4.48. The quantitative estimate of drug-likeness (QED) is 0.667. The molecule has 0 radical (unpaired) electrons. The third kappa shape index (κ3) is 7.26. The van der Waals surface area contributed by atoms with Crippen LogP contribution in [-0.4, -0.2) is 11.5 Å². The highest BCUT2D eigenvalue weighted by molar-refractivity contribution is 5.14. The fourth-order valence-corrected chi connectivity index (χ4v) is 2.13. The molecule has 1 unspecified atom stereocenters. The van der Waals surface area contributed by atoms with Gasteiger partial charge in [0.2, 0.25) is 0 Å². The summed E-state index contributed by atoms with van der Waals surface area (Å²) in [7, 11) is 0. The van der Waals surface area contributed by atoms with E-state index in [-0.39, 0.29) is 11.9 Å². The number of aromatic nitrogens is 1. The number of unbranched alkanes of at least 4 members (excludes halogenated alkanes) is 3. The molecule has 0 aliphatic carbocycles. The second kappa shape index (κ2) is 9.03. The van der Waals surface area contributed by atoms with Gasteiger partial charge in [-0.25, -0.2) is 4.39 Å². The van der Waals surface area contributed by atoms with Crippen LogP contribution in [0.1, 0.15) is 64.5 Å². The number of pyridine rings is 1. The van der Waals surface area contributed by atoms with Crippen molar-refractivity contribution in [2.75, 3.05) is 6.54 Å². The van der Waals surface area contributed by atoms with E-state index in [0.717, 1.165) is 18.0 Å². The Morgan fingerprint density at radius 1 is 1.11 bits per heavy atom. The van der Waals surface area contributed by atoms with Crippen molar-refractivity contribution in [3.05, 3.63) is 29.8 Å². The molecule has 0 saturated carbocycles. The summed E-state index contributed by atoms with van der Waals surface area (Å²) in [6.45, 7) is 7.58. The molecule has 1 aromatic rings. The summed E-state index contributed by atoms with van der Waals surface area (Å²) in [5.41, 5.74) is 0.916. The van der Waals surface area contributed by atoms with Crippen LogP contribution in [0, 0.1) is 11.7 Å². The third-order valence-electron chi connectivity index (χ3n) is 3.38. The molecule has 1 aromatic heterocycles. The van der Waals surface area contributed by atoms with Crippen molar-refractivity contribution in [3.8, 4) is 0 Å². The maximum Gasteiger partial charge on any atom is 0.141 e. The van der Waals surface area contributed by atoms with Gasteiger partial charge in [-0.05, 0) is 37.4 Å². The Hall–Kier alpha value is -0.960. The molecule has 1 heterocycles. The summed E-state index contributed by atoms with van der Waals surface area (Å²) in [6, 6.07) is 1.71. The van der Waals surface area contributed by atoms with Gasteiger partial charge in [0.25, 0.3) is 0 Å². The van der Waals surface area contributed by atoms with Crippen molar-refractivity contribution in [3.63, 3.8) is 0 Å². The zero-order valence-corrected chi connectivity index (χ0v) is 12.5.